The molecule has 0 saturated carbocycles. The summed E-state index contributed by atoms with van der Waals surface area (Å²) in [6.07, 6.45) is 0. The van der Waals surface area contributed by atoms with Gasteiger partial charge in [0.05, 0.1) is 12.7 Å². The second kappa shape index (κ2) is 2.73. The molecular weight excluding hydrogens is 175 g/mol. The maximum atomic E-state index is 12.9. The summed E-state index contributed by atoms with van der Waals surface area (Å²) in [5.41, 5.74) is 0.880. The molecular formula is C9H7FO3. The molecule has 2 rings (SSSR count). The van der Waals surface area contributed by atoms with Gasteiger partial charge in [0.25, 0.3) is 0 Å². The fourth-order valence-electron chi connectivity index (χ4n) is 1.34. The van der Waals surface area contributed by atoms with E-state index in [4.69, 9.17) is 9.47 Å². The van der Waals surface area contributed by atoms with Crippen LogP contribution in [0.15, 0.2) is 12.1 Å². The Balaban J connectivity index is 2.63. The number of hydrogen-bond acceptors (Lipinski definition) is 3. The van der Waals surface area contributed by atoms with E-state index in [0.717, 1.165) is 6.07 Å². The zero-order valence-electron chi connectivity index (χ0n) is 6.96. The fraction of sp³-hybridized carbons (Fsp3) is 0.222. The van der Waals surface area contributed by atoms with Gasteiger partial charge in [0.1, 0.15) is 18.2 Å². The number of halogens is 1. The van der Waals surface area contributed by atoms with E-state index in [2.05, 4.69) is 0 Å². The van der Waals surface area contributed by atoms with E-state index in [9.17, 15) is 9.18 Å². The van der Waals surface area contributed by atoms with Gasteiger partial charge in [-0.15, -0.1) is 0 Å². The van der Waals surface area contributed by atoms with Crippen molar-refractivity contribution in [3.63, 3.8) is 0 Å². The van der Waals surface area contributed by atoms with E-state index in [1.165, 1.54) is 13.2 Å². The van der Waals surface area contributed by atoms with Crippen LogP contribution in [0, 0.1) is 5.82 Å². The number of fused-ring (bicyclic) bond motifs is 1. The lowest BCUT2D eigenvalue weighted by molar-refractivity contribution is 0.0534. The van der Waals surface area contributed by atoms with Gasteiger partial charge in [-0.25, -0.2) is 9.18 Å². The predicted molar refractivity (Wildman–Crippen MR) is 42.1 cm³/mol. The minimum absolute atomic E-state index is 0.164. The standard InChI is InChI=1S/C9H7FO3/c1-12-8-3-5(10)2-6-7(8)4-13-9(6)11/h2-3H,4H2,1H3. The second-order valence-electron chi connectivity index (χ2n) is 2.71. The zero-order chi connectivity index (χ0) is 9.42. The monoisotopic (exact) mass is 182 g/mol. The highest BCUT2D eigenvalue weighted by atomic mass is 19.1. The van der Waals surface area contributed by atoms with Crippen molar-refractivity contribution in [1.82, 2.24) is 0 Å². The molecule has 0 saturated heterocycles. The van der Waals surface area contributed by atoms with Crippen LogP contribution in [-0.2, 0) is 11.3 Å². The minimum atomic E-state index is -0.493. The molecule has 0 radical (unpaired) electrons. The van der Waals surface area contributed by atoms with E-state index in [0.29, 0.717) is 11.3 Å². The summed E-state index contributed by atoms with van der Waals surface area (Å²) in [7, 11) is 1.43. The van der Waals surface area contributed by atoms with Crippen molar-refractivity contribution in [2.24, 2.45) is 0 Å². The molecule has 0 atom stereocenters. The molecule has 13 heavy (non-hydrogen) atoms. The summed E-state index contributed by atoms with van der Waals surface area (Å²) < 4.78 is 22.5. The number of carbonyl (C=O) groups excluding carboxylic acids is 1. The van der Waals surface area contributed by atoms with Crippen molar-refractivity contribution >= 4 is 5.97 Å². The molecule has 1 heterocycles. The van der Waals surface area contributed by atoms with Crippen molar-refractivity contribution < 1.29 is 18.7 Å². The van der Waals surface area contributed by atoms with Gasteiger partial charge in [0.15, 0.2) is 0 Å². The fourth-order valence-corrected chi connectivity index (χ4v) is 1.34. The molecule has 1 aliphatic heterocycles. The molecule has 0 aromatic heterocycles. The van der Waals surface area contributed by atoms with Gasteiger partial charge < -0.3 is 9.47 Å². The van der Waals surface area contributed by atoms with Gasteiger partial charge >= 0.3 is 5.97 Å². The summed E-state index contributed by atoms with van der Waals surface area (Å²) in [5.74, 6) is -0.622. The lowest BCUT2D eigenvalue weighted by Gasteiger charge is -2.03. The Morgan fingerprint density at radius 2 is 2.31 bits per heavy atom. The minimum Gasteiger partial charge on any atom is -0.496 e. The van der Waals surface area contributed by atoms with Crippen LogP contribution in [0.4, 0.5) is 4.39 Å². The van der Waals surface area contributed by atoms with Gasteiger partial charge in [-0.1, -0.05) is 0 Å². The summed E-state index contributed by atoms with van der Waals surface area (Å²) in [6, 6.07) is 2.40. The molecule has 0 fully saturated rings. The summed E-state index contributed by atoms with van der Waals surface area (Å²) >= 11 is 0. The second-order valence-corrected chi connectivity index (χ2v) is 2.71. The average molecular weight is 182 g/mol. The third-order valence-electron chi connectivity index (χ3n) is 1.96. The maximum Gasteiger partial charge on any atom is 0.339 e. The Morgan fingerprint density at radius 1 is 1.54 bits per heavy atom. The molecule has 0 bridgehead atoms. The lowest BCUT2D eigenvalue weighted by Crippen LogP contribution is -1.96. The number of esters is 1. The third kappa shape index (κ3) is 1.14. The molecule has 0 unspecified atom stereocenters. The number of benzene rings is 1. The SMILES string of the molecule is COc1cc(F)cc2c1COC2=O. The molecule has 0 amide bonds. The first-order chi connectivity index (χ1) is 6.22. The van der Waals surface area contributed by atoms with E-state index >= 15 is 0 Å². The molecule has 68 valence electrons. The molecule has 4 heteroatoms. The Morgan fingerprint density at radius 3 is 3.00 bits per heavy atom. The van der Waals surface area contributed by atoms with Crippen LogP contribution in [0.1, 0.15) is 15.9 Å². The van der Waals surface area contributed by atoms with Gasteiger partial charge in [-0.3, -0.25) is 0 Å². The number of rotatable bonds is 1. The quantitative estimate of drug-likeness (QED) is 0.617. The van der Waals surface area contributed by atoms with Crippen LogP contribution in [0.2, 0.25) is 0 Å². The highest BCUT2D eigenvalue weighted by molar-refractivity contribution is 5.94. The van der Waals surface area contributed by atoms with Crippen molar-refractivity contribution in [3.05, 3.63) is 29.1 Å². The highest BCUT2D eigenvalue weighted by Crippen LogP contribution is 2.29. The van der Waals surface area contributed by atoms with Gasteiger partial charge in [-0.2, -0.15) is 0 Å². The van der Waals surface area contributed by atoms with Crippen molar-refractivity contribution in [2.45, 2.75) is 6.61 Å². The van der Waals surface area contributed by atoms with Gasteiger partial charge in [0.2, 0.25) is 0 Å². The number of ether oxygens (including phenoxy) is 2. The molecule has 0 aliphatic carbocycles. The predicted octanol–water partition coefficient (Wildman–Crippen LogP) is 1.50. The molecule has 1 aromatic carbocycles. The first-order valence-electron chi connectivity index (χ1n) is 3.76. The Kier molecular flexibility index (Phi) is 1.69. The maximum absolute atomic E-state index is 12.9. The summed E-state index contributed by atoms with van der Waals surface area (Å²) in [4.78, 5) is 11.0. The molecule has 3 nitrogen and oxygen atoms in total. The van der Waals surface area contributed by atoms with Crippen molar-refractivity contribution in [3.8, 4) is 5.75 Å². The van der Waals surface area contributed by atoms with Crippen LogP contribution in [0.3, 0.4) is 0 Å². The largest absolute Gasteiger partial charge is 0.496 e. The third-order valence-corrected chi connectivity index (χ3v) is 1.96. The van der Waals surface area contributed by atoms with Crippen molar-refractivity contribution in [1.29, 1.82) is 0 Å². The Bertz CT molecular complexity index is 373. The first-order valence-corrected chi connectivity index (χ1v) is 3.76. The normalized spacial score (nSPS) is 13.8. The number of cyclic esters (lactones) is 1. The zero-order valence-corrected chi connectivity index (χ0v) is 6.96. The van der Waals surface area contributed by atoms with Gasteiger partial charge in [-0.05, 0) is 6.07 Å². The Hall–Kier alpha value is -1.58. The smallest absolute Gasteiger partial charge is 0.339 e. The molecule has 0 N–H and O–H groups in total. The van der Waals surface area contributed by atoms with E-state index in [1.54, 1.807) is 0 Å². The Labute approximate surface area is 74.1 Å². The van der Waals surface area contributed by atoms with Crippen molar-refractivity contribution in [2.75, 3.05) is 7.11 Å². The first kappa shape index (κ1) is 8.04. The topological polar surface area (TPSA) is 35.5 Å². The molecule has 0 spiro atoms. The van der Waals surface area contributed by atoms with Crippen LogP contribution in [-0.4, -0.2) is 13.1 Å². The molecule has 1 aromatic rings. The van der Waals surface area contributed by atoms with Gasteiger partial charge in [0, 0.05) is 11.6 Å². The van der Waals surface area contributed by atoms with E-state index in [1.807, 2.05) is 0 Å². The number of carbonyl (C=O) groups is 1. The van der Waals surface area contributed by atoms with Crippen LogP contribution in [0.5, 0.6) is 5.75 Å². The number of methoxy groups -OCH3 is 1. The van der Waals surface area contributed by atoms with Crippen LogP contribution < -0.4 is 4.74 Å². The number of hydrogen-bond donors (Lipinski definition) is 0. The van der Waals surface area contributed by atoms with Crippen LogP contribution in [0.25, 0.3) is 0 Å². The highest BCUT2D eigenvalue weighted by Gasteiger charge is 2.25. The summed E-state index contributed by atoms with van der Waals surface area (Å²) in [5, 5.41) is 0. The summed E-state index contributed by atoms with van der Waals surface area (Å²) in [6.45, 7) is 0.164. The lowest BCUT2D eigenvalue weighted by atomic mass is 10.1. The average Bonchev–Trinajstić information content (AvgIpc) is 2.47. The van der Waals surface area contributed by atoms with E-state index in [-0.39, 0.29) is 12.2 Å². The molecule has 1 aliphatic rings. The van der Waals surface area contributed by atoms with Crippen LogP contribution >= 0.6 is 0 Å². The van der Waals surface area contributed by atoms with E-state index < -0.39 is 11.8 Å².